The Morgan fingerprint density at radius 2 is 1.92 bits per heavy atom. The van der Waals surface area contributed by atoms with Crippen LogP contribution in [0.15, 0.2) is 34.7 Å². The van der Waals surface area contributed by atoms with Crippen LogP contribution in [0.25, 0.3) is 22.4 Å². The van der Waals surface area contributed by atoms with Gasteiger partial charge in [-0.05, 0) is 43.7 Å². The van der Waals surface area contributed by atoms with Gasteiger partial charge >= 0.3 is 5.97 Å². The quantitative estimate of drug-likeness (QED) is 0.303. The zero-order chi connectivity index (χ0) is 26.0. The molecule has 1 aromatic carbocycles. The first-order chi connectivity index (χ1) is 17.1. The number of aromatic nitrogens is 1. The number of nitrogens with zero attached hydrogens (tertiary/aromatic N) is 1. The SMILES string of the molecule is CNC(=O)c1c(-c2ccc(C)cc2)oc2nc(CS(=O)(=O)NCC(O)CCC(=O)O)c(C3CC3)cc12. The number of amides is 1. The third kappa shape index (κ3) is 5.92. The fraction of sp³-hybridized carbons (Fsp3) is 0.400. The van der Waals surface area contributed by atoms with Crippen molar-refractivity contribution in [3.8, 4) is 11.3 Å². The molecule has 4 N–H and O–H groups in total. The number of carbonyl (C=O) groups excluding carboxylic acids is 1. The summed E-state index contributed by atoms with van der Waals surface area (Å²) in [6.45, 7) is 1.66. The highest BCUT2D eigenvalue weighted by atomic mass is 32.2. The van der Waals surface area contributed by atoms with E-state index in [1.54, 1.807) is 6.07 Å². The van der Waals surface area contributed by atoms with Crippen LogP contribution in [0.2, 0.25) is 0 Å². The zero-order valence-corrected chi connectivity index (χ0v) is 20.9. The Balaban J connectivity index is 1.69. The minimum Gasteiger partial charge on any atom is -0.481 e. The van der Waals surface area contributed by atoms with Crippen LogP contribution in [0.4, 0.5) is 0 Å². The number of aliphatic hydroxyl groups is 1. The lowest BCUT2D eigenvalue weighted by atomic mass is 10.0. The fourth-order valence-corrected chi connectivity index (χ4v) is 5.18. The van der Waals surface area contributed by atoms with Crippen LogP contribution in [-0.2, 0) is 20.6 Å². The van der Waals surface area contributed by atoms with Crippen molar-refractivity contribution >= 4 is 33.0 Å². The van der Waals surface area contributed by atoms with Crippen LogP contribution in [0.1, 0.15) is 58.8 Å². The average molecular weight is 516 g/mol. The van der Waals surface area contributed by atoms with Crippen LogP contribution >= 0.6 is 0 Å². The summed E-state index contributed by atoms with van der Waals surface area (Å²) in [5.41, 5.74) is 3.35. The number of sulfonamides is 1. The summed E-state index contributed by atoms with van der Waals surface area (Å²) in [7, 11) is -2.35. The second-order valence-electron chi connectivity index (χ2n) is 9.10. The molecule has 0 aliphatic heterocycles. The van der Waals surface area contributed by atoms with E-state index in [1.165, 1.54) is 7.05 Å². The number of carboxylic acids is 1. The lowest BCUT2D eigenvalue weighted by Gasteiger charge is -2.13. The number of nitrogens with one attached hydrogen (secondary N) is 2. The van der Waals surface area contributed by atoms with Crippen molar-refractivity contribution < 1.29 is 32.6 Å². The van der Waals surface area contributed by atoms with Crippen molar-refractivity contribution in [1.82, 2.24) is 15.0 Å². The summed E-state index contributed by atoms with van der Waals surface area (Å²) in [6, 6.07) is 9.33. The molecular weight excluding hydrogens is 486 g/mol. The molecule has 10 nitrogen and oxygen atoms in total. The highest BCUT2D eigenvalue weighted by Gasteiger charge is 2.32. The third-order valence-electron chi connectivity index (χ3n) is 6.14. The maximum absolute atomic E-state index is 12.8. The van der Waals surface area contributed by atoms with Crippen LogP contribution in [-0.4, -0.2) is 55.2 Å². The number of aliphatic carboxylic acids is 1. The van der Waals surface area contributed by atoms with Gasteiger partial charge in [-0.3, -0.25) is 9.59 Å². The highest BCUT2D eigenvalue weighted by Crippen LogP contribution is 2.44. The number of aryl methyl sites for hydroxylation is 1. The predicted molar refractivity (Wildman–Crippen MR) is 133 cm³/mol. The van der Waals surface area contributed by atoms with Crippen LogP contribution in [0.5, 0.6) is 0 Å². The molecular formula is C25H29N3O7S. The van der Waals surface area contributed by atoms with Crippen molar-refractivity contribution in [2.45, 2.75) is 50.4 Å². The molecule has 1 fully saturated rings. The highest BCUT2D eigenvalue weighted by molar-refractivity contribution is 7.88. The molecule has 3 aromatic rings. The van der Waals surface area contributed by atoms with Gasteiger partial charge in [0.15, 0.2) is 0 Å². The topological polar surface area (TPSA) is 159 Å². The Hall–Kier alpha value is -3.28. The fourth-order valence-electron chi connectivity index (χ4n) is 4.04. The van der Waals surface area contributed by atoms with Crippen molar-refractivity contribution in [3.63, 3.8) is 0 Å². The monoisotopic (exact) mass is 515 g/mol. The number of fused-ring (bicyclic) bond motifs is 1. The zero-order valence-electron chi connectivity index (χ0n) is 20.1. The number of furan rings is 1. The molecule has 4 rings (SSSR count). The first-order valence-electron chi connectivity index (χ1n) is 11.7. The molecule has 1 saturated carbocycles. The molecule has 0 spiro atoms. The van der Waals surface area contributed by atoms with E-state index in [0.717, 1.165) is 24.0 Å². The first-order valence-corrected chi connectivity index (χ1v) is 13.4. The number of benzene rings is 1. The maximum Gasteiger partial charge on any atom is 0.303 e. The Labute approximate surface area is 208 Å². The van der Waals surface area contributed by atoms with Gasteiger partial charge in [-0.25, -0.2) is 18.1 Å². The summed E-state index contributed by atoms with van der Waals surface area (Å²) in [4.78, 5) is 28.0. The molecule has 2 heterocycles. The molecule has 1 atom stereocenters. The Morgan fingerprint density at radius 3 is 2.53 bits per heavy atom. The van der Waals surface area contributed by atoms with Gasteiger partial charge in [0.2, 0.25) is 15.7 Å². The van der Waals surface area contributed by atoms with Gasteiger partial charge in [-0.1, -0.05) is 29.8 Å². The van der Waals surface area contributed by atoms with E-state index in [-0.39, 0.29) is 36.9 Å². The Kier molecular flexibility index (Phi) is 7.43. The van der Waals surface area contributed by atoms with Gasteiger partial charge in [-0.2, -0.15) is 0 Å². The molecule has 1 amide bonds. The molecule has 0 bridgehead atoms. The van der Waals surface area contributed by atoms with E-state index in [2.05, 4.69) is 15.0 Å². The van der Waals surface area contributed by atoms with E-state index < -0.39 is 27.8 Å². The summed E-state index contributed by atoms with van der Waals surface area (Å²) >= 11 is 0. The molecule has 0 saturated heterocycles. The number of hydrogen-bond acceptors (Lipinski definition) is 7. The second-order valence-corrected chi connectivity index (χ2v) is 10.9. The van der Waals surface area contributed by atoms with Gasteiger partial charge in [0, 0.05) is 25.6 Å². The summed E-state index contributed by atoms with van der Waals surface area (Å²) in [6.07, 6.45) is 0.333. The van der Waals surface area contributed by atoms with Crippen molar-refractivity contribution in [3.05, 3.63) is 52.7 Å². The number of aliphatic hydroxyl groups excluding tert-OH is 1. The number of pyridine rings is 1. The smallest absolute Gasteiger partial charge is 0.303 e. The minimum atomic E-state index is -3.89. The summed E-state index contributed by atoms with van der Waals surface area (Å²) in [5.74, 6) is -1.33. The summed E-state index contributed by atoms with van der Waals surface area (Å²) in [5, 5.41) is 21.8. The van der Waals surface area contributed by atoms with Crippen LogP contribution in [0.3, 0.4) is 0 Å². The number of rotatable bonds is 11. The van der Waals surface area contributed by atoms with Gasteiger partial charge in [0.1, 0.15) is 11.5 Å². The van der Waals surface area contributed by atoms with Crippen molar-refractivity contribution in [2.24, 2.45) is 0 Å². The predicted octanol–water partition coefficient (Wildman–Crippen LogP) is 2.69. The minimum absolute atomic E-state index is 0.0637. The normalized spacial score (nSPS) is 14.6. The average Bonchev–Trinajstić information content (AvgIpc) is 3.61. The number of carboxylic acid groups (broad SMARTS) is 1. The lowest BCUT2D eigenvalue weighted by molar-refractivity contribution is -0.137. The van der Waals surface area contributed by atoms with Gasteiger partial charge in [0.05, 0.1) is 22.7 Å². The summed E-state index contributed by atoms with van der Waals surface area (Å²) < 4.78 is 33.9. The number of carbonyl (C=O) groups is 2. The van der Waals surface area contributed by atoms with Gasteiger partial charge in [-0.15, -0.1) is 0 Å². The third-order valence-corrected chi connectivity index (χ3v) is 7.40. The van der Waals surface area contributed by atoms with Crippen LogP contribution in [0, 0.1) is 6.92 Å². The largest absolute Gasteiger partial charge is 0.481 e. The van der Waals surface area contributed by atoms with Crippen LogP contribution < -0.4 is 10.0 Å². The molecule has 1 aliphatic carbocycles. The first kappa shape index (κ1) is 25.8. The molecule has 1 aliphatic rings. The van der Waals surface area contributed by atoms with E-state index in [0.29, 0.717) is 28.0 Å². The molecule has 192 valence electrons. The molecule has 0 radical (unpaired) electrons. The molecule has 1 unspecified atom stereocenters. The number of hydrogen-bond donors (Lipinski definition) is 4. The molecule has 11 heteroatoms. The Morgan fingerprint density at radius 1 is 1.22 bits per heavy atom. The van der Waals surface area contributed by atoms with Gasteiger partial charge in [0.25, 0.3) is 5.91 Å². The maximum atomic E-state index is 12.8. The molecule has 36 heavy (non-hydrogen) atoms. The van der Waals surface area contributed by atoms with Crippen molar-refractivity contribution in [2.75, 3.05) is 13.6 Å². The Bertz CT molecular complexity index is 1390. The van der Waals surface area contributed by atoms with Gasteiger partial charge < -0.3 is 19.9 Å². The lowest BCUT2D eigenvalue weighted by Crippen LogP contribution is -2.33. The van der Waals surface area contributed by atoms with E-state index in [1.807, 2.05) is 31.2 Å². The van der Waals surface area contributed by atoms with E-state index in [9.17, 15) is 23.1 Å². The second kappa shape index (κ2) is 10.4. The van der Waals surface area contributed by atoms with E-state index >= 15 is 0 Å². The van der Waals surface area contributed by atoms with Crippen molar-refractivity contribution in [1.29, 1.82) is 0 Å². The van der Waals surface area contributed by atoms with E-state index in [4.69, 9.17) is 9.52 Å². The standard InChI is InChI=1S/C25H29N3O7S/c1-14-3-5-16(6-4-14)23-22(24(32)26-2)19-11-18(15-7-8-15)20(28-25(19)35-23)13-36(33,34)27-12-17(29)9-10-21(30)31/h3-6,11,15,17,27,29H,7-10,12-13H2,1-2H3,(H,26,32)(H,30,31). The molecule has 2 aromatic heterocycles.